The van der Waals surface area contributed by atoms with Gasteiger partial charge < -0.3 is 20.4 Å². The maximum absolute atomic E-state index is 12.5. The number of carbonyl (C=O) groups is 1. The minimum atomic E-state index is -0.182. The van der Waals surface area contributed by atoms with Crippen molar-refractivity contribution < 1.29 is 9.53 Å². The van der Waals surface area contributed by atoms with E-state index in [9.17, 15) is 4.79 Å². The van der Waals surface area contributed by atoms with Gasteiger partial charge in [0.25, 0.3) is 0 Å². The summed E-state index contributed by atoms with van der Waals surface area (Å²) >= 11 is 1.71. The van der Waals surface area contributed by atoms with Crippen molar-refractivity contribution in [2.45, 2.75) is 19.4 Å². The lowest BCUT2D eigenvalue weighted by atomic mass is 9.97. The number of rotatable bonds is 8. The van der Waals surface area contributed by atoms with Gasteiger partial charge in [-0.2, -0.15) is 0 Å². The molecule has 0 aliphatic carbocycles. The molecule has 0 saturated carbocycles. The number of H-pyrrole nitrogens is 1. The molecule has 0 saturated heterocycles. The first-order valence-electron chi connectivity index (χ1n) is 10.1. The summed E-state index contributed by atoms with van der Waals surface area (Å²) < 4.78 is 5.52. The van der Waals surface area contributed by atoms with Crippen LogP contribution >= 0.6 is 11.3 Å². The van der Waals surface area contributed by atoms with E-state index in [1.165, 1.54) is 15.8 Å². The third kappa shape index (κ3) is 4.66. The van der Waals surface area contributed by atoms with E-state index in [1.54, 1.807) is 11.3 Å². The summed E-state index contributed by atoms with van der Waals surface area (Å²) in [4.78, 5) is 17.0. The molecule has 2 amide bonds. The van der Waals surface area contributed by atoms with Crippen LogP contribution in [0.2, 0.25) is 0 Å². The third-order valence-electron chi connectivity index (χ3n) is 5.01. The van der Waals surface area contributed by atoms with Crippen LogP contribution in [0.4, 0.5) is 4.79 Å². The largest absolute Gasteiger partial charge is 0.494 e. The molecule has 1 unspecified atom stereocenters. The minimum absolute atomic E-state index is 0.0909. The van der Waals surface area contributed by atoms with Crippen molar-refractivity contribution in [2.24, 2.45) is 0 Å². The van der Waals surface area contributed by atoms with Gasteiger partial charge in [-0.05, 0) is 47.7 Å². The van der Waals surface area contributed by atoms with Crippen LogP contribution in [0.3, 0.4) is 0 Å². The van der Waals surface area contributed by atoms with Gasteiger partial charge in [-0.15, -0.1) is 11.3 Å². The fourth-order valence-corrected chi connectivity index (χ4v) is 4.43. The molecular weight excluding hydrogens is 394 g/mol. The van der Waals surface area contributed by atoms with Crippen molar-refractivity contribution in [1.82, 2.24) is 15.6 Å². The third-order valence-corrected chi connectivity index (χ3v) is 6.00. The number of nitrogens with one attached hydrogen (secondary N) is 3. The summed E-state index contributed by atoms with van der Waals surface area (Å²) in [6.07, 6.45) is 2.05. The molecule has 5 nitrogen and oxygen atoms in total. The number of aromatic amines is 1. The Kier molecular flexibility index (Phi) is 6.35. The van der Waals surface area contributed by atoms with Crippen LogP contribution in [0.1, 0.15) is 28.8 Å². The van der Waals surface area contributed by atoms with E-state index in [4.69, 9.17) is 4.74 Å². The molecule has 0 radical (unpaired) electrons. The Morgan fingerprint density at radius 2 is 2.00 bits per heavy atom. The molecule has 0 aliphatic rings. The molecular formula is C24H25N3O2S. The SMILES string of the molecule is CCOc1cccc(CNC(=O)NCC(c2cccs2)c2c[nH]c3ccccc23)c1. The van der Waals surface area contributed by atoms with Crippen molar-refractivity contribution in [1.29, 1.82) is 0 Å². The van der Waals surface area contributed by atoms with E-state index in [0.29, 0.717) is 19.7 Å². The Hall–Kier alpha value is -3.25. The number of benzene rings is 2. The van der Waals surface area contributed by atoms with Gasteiger partial charge >= 0.3 is 6.03 Å². The van der Waals surface area contributed by atoms with E-state index >= 15 is 0 Å². The number of hydrogen-bond acceptors (Lipinski definition) is 3. The molecule has 3 N–H and O–H groups in total. The highest BCUT2D eigenvalue weighted by atomic mass is 32.1. The molecule has 1 atom stereocenters. The molecule has 0 bridgehead atoms. The Morgan fingerprint density at radius 3 is 2.83 bits per heavy atom. The second-order valence-corrected chi connectivity index (χ2v) is 7.98. The first kappa shape index (κ1) is 20.0. The number of thiophene rings is 1. The van der Waals surface area contributed by atoms with Crippen molar-refractivity contribution in [3.05, 3.63) is 88.2 Å². The quantitative estimate of drug-likeness (QED) is 0.365. The molecule has 2 aromatic carbocycles. The van der Waals surface area contributed by atoms with Crippen molar-refractivity contribution in [3.8, 4) is 5.75 Å². The predicted octanol–water partition coefficient (Wildman–Crippen LogP) is 5.26. The van der Waals surface area contributed by atoms with Crippen LogP contribution in [0.15, 0.2) is 72.2 Å². The topological polar surface area (TPSA) is 66.2 Å². The highest BCUT2D eigenvalue weighted by Gasteiger charge is 2.19. The predicted molar refractivity (Wildman–Crippen MR) is 122 cm³/mol. The first-order chi connectivity index (χ1) is 14.7. The zero-order valence-electron chi connectivity index (χ0n) is 16.9. The number of urea groups is 1. The second-order valence-electron chi connectivity index (χ2n) is 7.00. The minimum Gasteiger partial charge on any atom is -0.494 e. The molecule has 4 rings (SSSR count). The van der Waals surface area contributed by atoms with E-state index in [-0.39, 0.29) is 11.9 Å². The normalized spacial score (nSPS) is 11.9. The number of hydrogen-bond donors (Lipinski definition) is 3. The molecule has 0 aliphatic heterocycles. The average molecular weight is 420 g/mol. The summed E-state index contributed by atoms with van der Waals surface area (Å²) in [6.45, 7) is 3.54. The van der Waals surface area contributed by atoms with Crippen molar-refractivity contribution >= 4 is 28.3 Å². The zero-order chi connectivity index (χ0) is 20.8. The van der Waals surface area contributed by atoms with Gasteiger partial charge in [0.2, 0.25) is 0 Å². The number of carbonyl (C=O) groups excluding carboxylic acids is 1. The summed E-state index contributed by atoms with van der Waals surface area (Å²) in [7, 11) is 0. The second kappa shape index (κ2) is 9.50. The van der Waals surface area contributed by atoms with Gasteiger partial charge in [-0.1, -0.05) is 36.4 Å². The average Bonchev–Trinajstić information content (AvgIpc) is 3.44. The first-order valence-corrected chi connectivity index (χ1v) is 11.0. The molecule has 30 heavy (non-hydrogen) atoms. The van der Waals surface area contributed by atoms with E-state index < -0.39 is 0 Å². The zero-order valence-corrected chi connectivity index (χ0v) is 17.7. The fraction of sp³-hybridized carbons (Fsp3) is 0.208. The molecule has 4 aromatic rings. The van der Waals surface area contributed by atoms with Gasteiger partial charge in [0.1, 0.15) is 5.75 Å². The Labute approximate surface area is 180 Å². The summed E-state index contributed by atoms with van der Waals surface area (Å²) in [5.41, 5.74) is 3.30. The lowest BCUT2D eigenvalue weighted by Crippen LogP contribution is -2.37. The number of fused-ring (bicyclic) bond motifs is 1. The smallest absolute Gasteiger partial charge is 0.315 e. The van der Waals surface area contributed by atoms with E-state index in [2.05, 4.69) is 39.2 Å². The lowest BCUT2D eigenvalue weighted by molar-refractivity contribution is 0.240. The monoisotopic (exact) mass is 419 g/mol. The van der Waals surface area contributed by atoms with Gasteiger partial charge in [0, 0.05) is 41.0 Å². The summed E-state index contributed by atoms with van der Waals surface area (Å²) in [5, 5.41) is 9.24. The van der Waals surface area contributed by atoms with Crippen LogP contribution in [-0.4, -0.2) is 24.2 Å². The molecule has 6 heteroatoms. The van der Waals surface area contributed by atoms with Crippen LogP contribution in [0.5, 0.6) is 5.75 Å². The number of para-hydroxylation sites is 1. The van der Waals surface area contributed by atoms with Crippen LogP contribution in [0.25, 0.3) is 10.9 Å². The lowest BCUT2D eigenvalue weighted by Gasteiger charge is -2.17. The molecule has 0 spiro atoms. The highest BCUT2D eigenvalue weighted by Crippen LogP contribution is 2.32. The molecule has 2 heterocycles. The maximum atomic E-state index is 12.5. The van der Waals surface area contributed by atoms with Crippen LogP contribution < -0.4 is 15.4 Å². The van der Waals surface area contributed by atoms with Gasteiger partial charge in [-0.25, -0.2) is 4.79 Å². The van der Waals surface area contributed by atoms with Gasteiger partial charge in [0.05, 0.1) is 6.61 Å². The van der Waals surface area contributed by atoms with Crippen LogP contribution in [0, 0.1) is 0 Å². The standard InChI is InChI=1S/C24H25N3O2S/c1-2-29-18-8-5-7-17(13-18)14-26-24(28)27-16-21(23-11-6-12-30-23)20-15-25-22-10-4-3-9-19(20)22/h3-13,15,21,25H,2,14,16H2,1H3,(H2,26,27,28). The van der Waals surface area contributed by atoms with E-state index in [1.807, 2.05) is 55.6 Å². The summed E-state index contributed by atoms with van der Waals surface area (Å²) in [6, 6.07) is 20.0. The number of aromatic nitrogens is 1. The Bertz CT molecular complexity index is 1100. The molecule has 0 fully saturated rings. The fourth-order valence-electron chi connectivity index (χ4n) is 3.59. The van der Waals surface area contributed by atoms with Gasteiger partial charge in [0.15, 0.2) is 0 Å². The molecule has 154 valence electrons. The number of ether oxygens (including phenoxy) is 1. The molecule has 2 aromatic heterocycles. The highest BCUT2D eigenvalue weighted by molar-refractivity contribution is 7.10. The summed E-state index contributed by atoms with van der Waals surface area (Å²) in [5.74, 6) is 0.905. The van der Waals surface area contributed by atoms with Crippen molar-refractivity contribution in [2.75, 3.05) is 13.2 Å². The van der Waals surface area contributed by atoms with E-state index in [0.717, 1.165) is 16.8 Å². The number of amides is 2. The Balaban J connectivity index is 1.42. The Morgan fingerprint density at radius 1 is 1.10 bits per heavy atom. The van der Waals surface area contributed by atoms with Crippen molar-refractivity contribution in [3.63, 3.8) is 0 Å². The maximum Gasteiger partial charge on any atom is 0.315 e. The van der Waals surface area contributed by atoms with Crippen LogP contribution in [-0.2, 0) is 6.54 Å². The van der Waals surface area contributed by atoms with Gasteiger partial charge in [-0.3, -0.25) is 0 Å².